The van der Waals surface area contributed by atoms with Gasteiger partial charge in [-0.2, -0.15) is 4.98 Å². The molecule has 1 aliphatic rings. The summed E-state index contributed by atoms with van der Waals surface area (Å²) < 4.78 is 39.1. The Kier molecular flexibility index (Phi) is 9.94. The van der Waals surface area contributed by atoms with Crippen molar-refractivity contribution in [2.45, 2.75) is 55.2 Å². The topological polar surface area (TPSA) is 97.4 Å². The predicted molar refractivity (Wildman–Crippen MR) is 148 cm³/mol. The number of hydrogen-bond donors (Lipinski definition) is 3. The van der Waals surface area contributed by atoms with Crippen LogP contribution in [-0.2, 0) is 9.53 Å². The second-order valence-electron chi connectivity index (χ2n) is 9.63. The zero-order chi connectivity index (χ0) is 27.8. The highest BCUT2D eigenvalue weighted by Crippen LogP contribution is 2.31. The van der Waals surface area contributed by atoms with E-state index in [1.54, 1.807) is 13.2 Å². The molecule has 39 heavy (non-hydrogen) atoms. The molecule has 208 valence electrons. The molecule has 1 aliphatic heterocycles. The van der Waals surface area contributed by atoms with Crippen molar-refractivity contribution in [2.75, 3.05) is 30.9 Å². The second kappa shape index (κ2) is 13.6. The van der Waals surface area contributed by atoms with Crippen LogP contribution in [0.1, 0.15) is 33.1 Å². The van der Waals surface area contributed by atoms with Crippen LogP contribution in [0, 0.1) is 17.6 Å². The number of nitrogens with zero attached hydrogens (tertiary/aromatic N) is 2. The van der Waals surface area contributed by atoms with Crippen LogP contribution in [0.2, 0.25) is 0 Å². The van der Waals surface area contributed by atoms with E-state index in [2.05, 4.69) is 25.9 Å². The molecule has 8 nitrogen and oxygen atoms in total. The highest BCUT2D eigenvalue weighted by atomic mass is 32.2. The average Bonchev–Trinajstić information content (AvgIpc) is 3.43. The maximum atomic E-state index is 14.4. The Bertz CT molecular complexity index is 1260. The van der Waals surface area contributed by atoms with Gasteiger partial charge in [0.1, 0.15) is 22.6 Å². The number of anilines is 3. The lowest BCUT2D eigenvalue weighted by Crippen LogP contribution is -2.43. The zero-order valence-corrected chi connectivity index (χ0v) is 23.0. The van der Waals surface area contributed by atoms with Crippen molar-refractivity contribution in [1.29, 1.82) is 0 Å². The van der Waals surface area contributed by atoms with E-state index in [9.17, 15) is 13.6 Å². The largest absolute Gasteiger partial charge is 0.497 e. The number of methoxy groups -OCH3 is 1. The van der Waals surface area contributed by atoms with Gasteiger partial charge in [-0.25, -0.2) is 13.8 Å². The molecule has 1 fully saturated rings. The third-order valence-corrected chi connectivity index (χ3v) is 6.98. The van der Waals surface area contributed by atoms with Gasteiger partial charge in [0.2, 0.25) is 11.9 Å². The summed E-state index contributed by atoms with van der Waals surface area (Å²) in [6.07, 6.45) is 2.47. The van der Waals surface area contributed by atoms with Gasteiger partial charge < -0.3 is 25.4 Å². The predicted octanol–water partition coefficient (Wildman–Crippen LogP) is 5.78. The summed E-state index contributed by atoms with van der Waals surface area (Å²) in [6, 6.07) is 12.4. The first-order valence-electron chi connectivity index (χ1n) is 12.9. The number of carbonyl (C=O) groups is 1. The van der Waals surface area contributed by atoms with Gasteiger partial charge in [0.05, 0.1) is 18.9 Å². The Balaban J connectivity index is 1.59. The van der Waals surface area contributed by atoms with Crippen LogP contribution < -0.4 is 20.7 Å². The lowest BCUT2D eigenvalue weighted by molar-refractivity contribution is -0.122. The Morgan fingerprint density at radius 3 is 2.67 bits per heavy atom. The number of nitrogens with one attached hydrogen (secondary N) is 3. The van der Waals surface area contributed by atoms with Gasteiger partial charge in [-0.05, 0) is 61.6 Å². The molecule has 0 spiro atoms. The Morgan fingerprint density at radius 2 is 1.97 bits per heavy atom. The molecule has 0 radical (unpaired) electrons. The van der Waals surface area contributed by atoms with E-state index in [0.29, 0.717) is 24.6 Å². The highest BCUT2D eigenvalue weighted by Gasteiger charge is 2.24. The summed E-state index contributed by atoms with van der Waals surface area (Å²) in [5.41, 5.74) is -0.0620. The third-order valence-electron chi connectivity index (χ3n) is 6.05. The summed E-state index contributed by atoms with van der Waals surface area (Å²) in [5, 5.41) is 9.53. The number of halogens is 2. The van der Waals surface area contributed by atoms with E-state index in [4.69, 9.17) is 9.47 Å². The van der Waals surface area contributed by atoms with E-state index in [0.717, 1.165) is 29.6 Å². The van der Waals surface area contributed by atoms with Crippen molar-refractivity contribution in [1.82, 2.24) is 15.3 Å². The van der Waals surface area contributed by atoms with Gasteiger partial charge in [0.15, 0.2) is 11.6 Å². The van der Waals surface area contributed by atoms with Gasteiger partial charge in [0.25, 0.3) is 0 Å². The van der Waals surface area contributed by atoms with Gasteiger partial charge in [-0.3, -0.25) is 4.79 Å². The van der Waals surface area contributed by atoms with Crippen molar-refractivity contribution >= 4 is 35.1 Å². The smallest absolute Gasteiger partial charge is 0.242 e. The monoisotopic (exact) mass is 557 g/mol. The normalized spacial score (nSPS) is 15.7. The molecule has 1 unspecified atom stereocenters. The van der Waals surface area contributed by atoms with Gasteiger partial charge in [-0.15, -0.1) is 0 Å². The molecule has 1 saturated heterocycles. The van der Waals surface area contributed by atoms with Gasteiger partial charge >= 0.3 is 0 Å². The fourth-order valence-corrected chi connectivity index (χ4v) is 4.93. The summed E-state index contributed by atoms with van der Waals surface area (Å²) >= 11 is 1.36. The number of aromatic nitrogens is 2. The van der Waals surface area contributed by atoms with Crippen LogP contribution in [0.5, 0.6) is 5.75 Å². The number of carbonyl (C=O) groups excluding carboxylic acids is 1. The standard InChI is InChI=1S/C28H33F2N5O3S/c1-17(2)14-23(27(36)31-16-19-6-5-13-38-19)33-28-34-24(32-22-8-4-7-21(29)26(22)30)15-25(35-28)39-20-11-9-18(37-3)10-12-20/h4,7-12,15,17,19,23H,5-6,13-14,16H2,1-3H3,(H,31,36)(H2,32,33,34,35)/t19?,23-/m0/s1. The molecule has 11 heteroatoms. The van der Waals surface area contributed by atoms with Crippen LogP contribution in [0.25, 0.3) is 0 Å². The number of hydrogen-bond acceptors (Lipinski definition) is 8. The molecule has 2 heterocycles. The van der Waals surface area contributed by atoms with Crippen molar-refractivity contribution in [3.05, 3.63) is 60.2 Å². The van der Waals surface area contributed by atoms with Crippen LogP contribution in [-0.4, -0.2) is 48.3 Å². The van der Waals surface area contributed by atoms with Crippen molar-refractivity contribution in [3.63, 3.8) is 0 Å². The van der Waals surface area contributed by atoms with Crippen LogP contribution in [0.15, 0.2) is 58.5 Å². The molecule has 1 aromatic heterocycles. The first-order valence-corrected chi connectivity index (χ1v) is 13.7. The molecule has 3 N–H and O–H groups in total. The molecule has 0 aliphatic carbocycles. The molecule has 4 rings (SSSR count). The van der Waals surface area contributed by atoms with Gasteiger partial charge in [-0.1, -0.05) is 31.7 Å². The molecule has 0 bridgehead atoms. The fourth-order valence-electron chi connectivity index (χ4n) is 4.11. The minimum Gasteiger partial charge on any atom is -0.497 e. The maximum absolute atomic E-state index is 14.4. The second-order valence-corrected chi connectivity index (χ2v) is 10.7. The molecule has 1 amide bonds. The lowest BCUT2D eigenvalue weighted by Gasteiger charge is -2.22. The SMILES string of the molecule is COc1ccc(Sc2cc(Nc3cccc(F)c3F)nc(N[C@@H](CC(C)C)C(=O)NCC3CCCO3)n2)cc1. The van der Waals surface area contributed by atoms with E-state index < -0.39 is 17.7 Å². The quantitative estimate of drug-likeness (QED) is 0.241. The summed E-state index contributed by atoms with van der Waals surface area (Å²) in [5.74, 6) is -0.796. The van der Waals surface area contributed by atoms with E-state index in [-0.39, 0.29) is 35.4 Å². The van der Waals surface area contributed by atoms with E-state index >= 15 is 0 Å². The number of rotatable bonds is 12. The maximum Gasteiger partial charge on any atom is 0.242 e. The average molecular weight is 558 g/mol. The first-order chi connectivity index (χ1) is 18.8. The molecule has 0 saturated carbocycles. The minimum absolute atomic E-state index is 0.0195. The van der Waals surface area contributed by atoms with E-state index in [1.165, 1.54) is 23.9 Å². The number of ether oxygens (including phenoxy) is 2. The third kappa shape index (κ3) is 8.27. The first kappa shape index (κ1) is 28.6. The molecular formula is C28H33F2N5O3S. The zero-order valence-electron chi connectivity index (χ0n) is 22.2. The minimum atomic E-state index is -1.01. The Labute approximate surface area is 231 Å². The van der Waals surface area contributed by atoms with Crippen molar-refractivity contribution in [2.24, 2.45) is 5.92 Å². The summed E-state index contributed by atoms with van der Waals surface area (Å²) in [6.45, 7) is 5.20. The molecular weight excluding hydrogens is 524 g/mol. The molecule has 2 atom stereocenters. The summed E-state index contributed by atoms with van der Waals surface area (Å²) in [7, 11) is 1.60. The van der Waals surface area contributed by atoms with Crippen LogP contribution in [0.4, 0.5) is 26.2 Å². The van der Waals surface area contributed by atoms with Gasteiger partial charge in [0, 0.05) is 24.1 Å². The van der Waals surface area contributed by atoms with E-state index in [1.807, 2.05) is 38.1 Å². The molecule has 3 aromatic rings. The van der Waals surface area contributed by atoms with Crippen molar-refractivity contribution < 1.29 is 23.0 Å². The van der Waals surface area contributed by atoms with Crippen molar-refractivity contribution in [3.8, 4) is 5.75 Å². The Morgan fingerprint density at radius 1 is 1.18 bits per heavy atom. The van der Waals surface area contributed by atoms with Crippen LogP contribution in [0.3, 0.4) is 0 Å². The fraction of sp³-hybridized carbons (Fsp3) is 0.393. The number of benzene rings is 2. The molecule has 2 aromatic carbocycles. The van der Waals surface area contributed by atoms with Crippen LogP contribution >= 0.6 is 11.8 Å². The number of amides is 1. The summed E-state index contributed by atoms with van der Waals surface area (Å²) in [4.78, 5) is 23.1. The highest BCUT2D eigenvalue weighted by molar-refractivity contribution is 7.99. The Hall–Kier alpha value is -3.44. The lowest BCUT2D eigenvalue weighted by atomic mass is 10.0.